The number of esters is 1. The zero-order valence-electron chi connectivity index (χ0n) is 13.1. The number of hydrogen-bond donors (Lipinski definition) is 0. The zero-order valence-corrected chi connectivity index (χ0v) is 13.1. The van der Waals surface area contributed by atoms with Gasteiger partial charge in [0.2, 0.25) is 5.78 Å². The quantitative estimate of drug-likeness (QED) is 0.642. The lowest BCUT2D eigenvalue weighted by atomic mass is 10.1. The third-order valence-electron chi connectivity index (χ3n) is 3.99. The molecular formula is C18H18FNO3. The summed E-state index contributed by atoms with van der Waals surface area (Å²) in [6, 6.07) is 8.99. The number of halogens is 1. The topological polar surface area (TPSA) is 48.3 Å². The highest BCUT2D eigenvalue weighted by Crippen LogP contribution is 2.32. The van der Waals surface area contributed by atoms with Crippen LogP contribution in [0.5, 0.6) is 0 Å². The minimum atomic E-state index is -0.376. The van der Waals surface area contributed by atoms with Crippen molar-refractivity contribution in [3.8, 4) is 0 Å². The summed E-state index contributed by atoms with van der Waals surface area (Å²) in [6.45, 7) is 4.23. The van der Waals surface area contributed by atoms with Crippen LogP contribution in [0.4, 0.5) is 4.39 Å². The smallest absolute Gasteiger partial charge is 0.315 e. The SMILES string of the molecule is CC(C)OC(=O)C1CCn2c(C(=O)c3ccc(F)cc3)ccc21. The van der Waals surface area contributed by atoms with Gasteiger partial charge in [-0.2, -0.15) is 0 Å². The molecule has 1 aliphatic heterocycles. The Bertz CT molecular complexity index is 746. The molecule has 5 heteroatoms. The molecule has 0 amide bonds. The van der Waals surface area contributed by atoms with Gasteiger partial charge in [0.25, 0.3) is 0 Å². The van der Waals surface area contributed by atoms with E-state index in [0.29, 0.717) is 24.2 Å². The van der Waals surface area contributed by atoms with Crippen LogP contribution in [0.15, 0.2) is 36.4 Å². The highest BCUT2D eigenvalue weighted by molar-refractivity contribution is 6.08. The van der Waals surface area contributed by atoms with Crippen LogP contribution in [0.1, 0.15) is 47.9 Å². The van der Waals surface area contributed by atoms with Gasteiger partial charge < -0.3 is 9.30 Å². The second-order valence-corrected chi connectivity index (χ2v) is 5.96. The largest absolute Gasteiger partial charge is 0.462 e. The molecule has 0 fully saturated rings. The molecule has 0 aliphatic carbocycles. The average molecular weight is 315 g/mol. The molecule has 1 aromatic heterocycles. The first-order valence-electron chi connectivity index (χ1n) is 7.67. The number of ketones is 1. The summed E-state index contributed by atoms with van der Waals surface area (Å²) in [5.41, 5.74) is 1.76. The van der Waals surface area contributed by atoms with E-state index in [9.17, 15) is 14.0 Å². The molecule has 4 nitrogen and oxygen atoms in total. The fourth-order valence-electron chi connectivity index (χ4n) is 2.94. The molecule has 23 heavy (non-hydrogen) atoms. The van der Waals surface area contributed by atoms with Crippen molar-refractivity contribution in [2.24, 2.45) is 0 Å². The summed E-state index contributed by atoms with van der Waals surface area (Å²) in [5.74, 6) is -1.13. The molecule has 0 radical (unpaired) electrons. The predicted molar refractivity (Wildman–Crippen MR) is 82.9 cm³/mol. The third kappa shape index (κ3) is 2.91. The van der Waals surface area contributed by atoms with Crippen molar-refractivity contribution in [2.75, 3.05) is 0 Å². The van der Waals surface area contributed by atoms with Crippen molar-refractivity contribution in [2.45, 2.75) is 38.8 Å². The van der Waals surface area contributed by atoms with Gasteiger partial charge in [-0.1, -0.05) is 0 Å². The number of benzene rings is 1. The number of carbonyl (C=O) groups excluding carboxylic acids is 2. The minimum Gasteiger partial charge on any atom is -0.462 e. The lowest BCUT2D eigenvalue weighted by molar-refractivity contribution is -0.149. The summed E-state index contributed by atoms with van der Waals surface area (Å²) in [7, 11) is 0. The second kappa shape index (κ2) is 5.99. The first kappa shape index (κ1) is 15.5. The number of fused-ring (bicyclic) bond motifs is 1. The lowest BCUT2D eigenvalue weighted by Gasteiger charge is -2.12. The van der Waals surface area contributed by atoms with Crippen LogP contribution >= 0.6 is 0 Å². The Morgan fingerprint density at radius 3 is 2.52 bits per heavy atom. The normalized spacial score (nSPS) is 16.4. The fourth-order valence-corrected chi connectivity index (χ4v) is 2.94. The van der Waals surface area contributed by atoms with Crippen molar-refractivity contribution in [3.63, 3.8) is 0 Å². The van der Waals surface area contributed by atoms with Crippen LogP contribution in [0, 0.1) is 5.82 Å². The highest BCUT2D eigenvalue weighted by atomic mass is 19.1. The van der Waals surface area contributed by atoms with Crippen molar-refractivity contribution < 1.29 is 18.7 Å². The molecule has 120 valence electrons. The van der Waals surface area contributed by atoms with Gasteiger partial charge in [0.1, 0.15) is 5.82 Å². The van der Waals surface area contributed by atoms with E-state index in [0.717, 1.165) is 5.69 Å². The average Bonchev–Trinajstić information content (AvgIpc) is 3.07. The summed E-state index contributed by atoms with van der Waals surface area (Å²) < 4.78 is 20.1. The van der Waals surface area contributed by atoms with Crippen LogP contribution in [0.3, 0.4) is 0 Å². The molecule has 0 saturated heterocycles. The van der Waals surface area contributed by atoms with Gasteiger partial charge >= 0.3 is 5.97 Å². The van der Waals surface area contributed by atoms with Crippen molar-refractivity contribution in [3.05, 3.63) is 59.2 Å². The summed E-state index contributed by atoms with van der Waals surface area (Å²) in [4.78, 5) is 24.7. The molecule has 0 bridgehead atoms. The van der Waals surface area contributed by atoms with Gasteiger partial charge in [-0.3, -0.25) is 9.59 Å². The van der Waals surface area contributed by atoms with E-state index in [1.165, 1.54) is 24.3 Å². The van der Waals surface area contributed by atoms with E-state index >= 15 is 0 Å². The Morgan fingerprint density at radius 1 is 1.17 bits per heavy atom. The lowest BCUT2D eigenvalue weighted by Crippen LogP contribution is -2.18. The maximum absolute atomic E-state index is 13.0. The maximum Gasteiger partial charge on any atom is 0.315 e. The van der Waals surface area contributed by atoms with Crippen molar-refractivity contribution >= 4 is 11.8 Å². The van der Waals surface area contributed by atoms with E-state index < -0.39 is 0 Å². The Kier molecular flexibility index (Phi) is 4.03. The Balaban J connectivity index is 1.86. The first-order valence-corrected chi connectivity index (χ1v) is 7.67. The van der Waals surface area contributed by atoms with E-state index in [1.807, 2.05) is 18.4 Å². The van der Waals surface area contributed by atoms with Gasteiger partial charge in [0.15, 0.2) is 0 Å². The van der Waals surface area contributed by atoms with E-state index in [4.69, 9.17) is 4.74 Å². The Hall–Kier alpha value is -2.43. The third-order valence-corrected chi connectivity index (χ3v) is 3.99. The molecule has 1 aromatic carbocycles. The van der Waals surface area contributed by atoms with Crippen LogP contribution in [0.25, 0.3) is 0 Å². The second-order valence-electron chi connectivity index (χ2n) is 5.96. The number of carbonyl (C=O) groups is 2. The van der Waals surface area contributed by atoms with Crippen LogP contribution in [0.2, 0.25) is 0 Å². The molecule has 0 N–H and O–H groups in total. The molecule has 0 saturated carbocycles. The Morgan fingerprint density at radius 2 is 1.87 bits per heavy atom. The molecule has 0 spiro atoms. The Labute approximate surface area is 133 Å². The van der Waals surface area contributed by atoms with Crippen LogP contribution < -0.4 is 0 Å². The van der Waals surface area contributed by atoms with Gasteiger partial charge in [0.05, 0.1) is 17.7 Å². The van der Waals surface area contributed by atoms with Gasteiger partial charge in [-0.15, -0.1) is 0 Å². The van der Waals surface area contributed by atoms with Crippen molar-refractivity contribution in [1.29, 1.82) is 0 Å². The predicted octanol–water partition coefficient (Wildman–Crippen LogP) is 3.30. The first-order chi connectivity index (χ1) is 11.0. The van der Waals surface area contributed by atoms with E-state index in [-0.39, 0.29) is 29.6 Å². The molecule has 2 heterocycles. The zero-order chi connectivity index (χ0) is 16.6. The molecule has 3 rings (SSSR count). The van der Waals surface area contributed by atoms with E-state index in [1.54, 1.807) is 12.1 Å². The summed E-state index contributed by atoms with van der Waals surface area (Å²) >= 11 is 0. The number of rotatable bonds is 4. The molecule has 1 unspecified atom stereocenters. The van der Waals surface area contributed by atoms with Crippen molar-refractivity contribution in [1.82, 2.24) is 4.57 Å². The van der Waals surface area contributed by atoms with E-state index in [2.05, 4.69) is 0 Å². The summed E-state index contributed by atoms with van der Waals surface area (Å²) in [5, 5.41) is 0. The number of ether oxygens (including phenoxy) is 1. The number of aromatic nitrogens is 1. The standard InChI is InChI=1S/C18H18FNO3/c1-11(2)23-18(22)14-9-10-20-15(14)7-8-16(20)17(21)12-3-5-13(19)6-4-12/h3-8,11,14H,9-10H2,1-2H3. The van der Waals surface area contributed by atoms with Gasteiger partial charge in [-0.05, 0) is 56.7 Å². The minimum absolute atomic E-state index is 0.160. The fraction of sp³-hybridized carbons (Fsp3) is 0.333. The highest BCUT2D eigenvalue weighted by Gasteiger charge is 2.33. The molecule has 1 aliphatic rings. The van der Waals surface area contributed by atoms with Crippen LogP contribution in [-0.4, -0.2) is 22.4 Å². The number of hydrogen-bond acceptors (Lipinski definition) is 3. The monoisotopic (exact) mass is 315 g/mol. The van der Waals surface area contributed by atoms with Crippen LogP contribution in [-0.2, 0) is 16.1 Å². The van der Waals surface area contributed by atoms with Gasteiger partial charge in [-0.25, -0.2) is 4.39 Å². The maximum atomic E-state index is 13.0. The summed E-state index contributed by atoms with van der Waals surface area (Å²) in [6.07, 6.45) is 0.470. The molecule has 1 atom stereocenters. The van der Waals surface area contributed by atoms with Gasteiger partial charge in [0, 0.05) is 17.8 Å². The molecule has 2 aromatic rings. The number of nitrogens with zero attached hydrogens (tertiary/aromatic N) is 1. The molecular weight excluding hydrogens is 297 g/mol.